The van der Waals surface area contributed by atoms with Crippen LogP contribution in [0.15, 0.2) is 231 Å². The van der Waals surface area contributed by atoms with Crippen LogP contribution in [-0.4, -0.2) is 19.1 Å². The first-order valence-electron chi connectivity index (χ1n) is 24.5. The van der Waals surface area contributed by atoms with Crippen LogP contribution in [0.2, 0.25) is 0 Å². The van der Waals surface area contributed by atoms with Crippen molar-refractivity contribution in [2.45, 2.75) is 5.41 Å². The van der Waals surface area contributed by atoms with E-state index in [0.717, 1.165) is 56.0 Å². The molecule has 0 fully saturated rings. The lowest BCUT2D eigenvalue weighted by Crippen LogP contribution is -2.26. The highest BCUT2D eigenvalue weighted by Crippen LogP contribution is 2.65. The van der Waals surface area contributed by atoms with Gasteiger partial charge in [0.1, 0.15) is 11.6 Å². The number of aromatic nitrogens is 4. The van der Waals surface area contributed by atoms with Crippen molar-refractivity contribution >= 4 is 43.6 Å². The molecule has 13 aromatic rings. The summed E-state index contributed by atoms with van der Waals surface area (Å²) in [6.45, 7) is 0. The van der Waals surface area contributed by atoms with Crippen LogP contribution in [-0.2, 0) is 19.5 Å². The van der Waals surface area contributed by atoms with Crippen molar-refractivity contribution in [2.24, 2.45) is 14.1 Å². The normalized spacial score (nSPS) is 13.0. The molecule has 71 heavy (non-hydrogen) atoms. The smallest absolute Gasteiger partial charge is 0.140 e. The Hall–Kier alpha value is -9.12. The topological polar surface area (TPSA) is 35.6 Å². The van der Waals surface area contributed by atoms with Crippen LogP contribution in [0, 0.1) is 0 Å². The predicted octanol–water partition coefficient (Wildman–Crippen LogP) is 16.4. The summed E-state index contributed by atoms with van der Waals surface area (Å²) >= 11 is 0. The zero-order chi connectivity index (χ0) is 47.0. The van der Waals surface area contributed by atoms with E-state index >= 15 is 0 Å². The van der Waals surface area contributed by atoms with Crippen molar-refractivity contribution in [1.29, 1.82) is 0 Å². The van der Waals surface area contributed by atoms with Crippen molar-refractivity contribution in [3.63, 3.8) is 0 Å². The van der Waals surface area contributed by atoms with Crippen molar-refractivity contribution in [2.75, 3.05) is 0 Å². The molecule has 2 aromatic heterocycles. The number of nitrogens with zero attached hydrogens (tertiary/aromatic N) is 4. The van der Waals surface area contributed by atoms with Crippen LogP contribution < -0.4 is 0 Å². The number of aryl methyl sites for hydroxylation is 2. The Morgan fingerprint density at radius 2 is 0.704 bits per heavy atom. The minimum atomic E-state index is -0.526. The van der Waals surface area contributed by atoms with Gasteiger partial charge in [0.05, 0.1) is 27.5 Å². The van der Waals surface area contributed by atoms with E-state index in [-0.39, 0.29) is 0 Å². The highest BCUT2D eigenvalue weighted by Gasteiger charge is 2.52. The average molecular weight is 905 g/mol. The average Bonchev–Trinajstić information content (AvgIpc) is 4.15. The van der Waals surface area contributed by atoms with Crippen molar-refractivity contribution in [1.82, 2.24) is 19.1 Å². The lowest BCUT2D eigenvalue weighted by atomic mass is 9.68. The number of fused-ring (bicyclic) bond motifs is 14. The van der Waals surface area contributed by atoms with Gasteiger partial charge >= 0.3 is 0 Å². The SMILES string of the molecule is Cn1c(-c2ccccc2)nc2ccc(-c3cccc4c(-c5cccc6c5C5(c7ccccc7-c7ccccc75)c5ccccc5-6)c5cccc(-c6ccc7nc(-c8ccccc8)n(C)c7c6)c5cc34)cc21. The molecule has 332 valence electrons. The summed E-state index contributed by atoms with van der Waals surface area (Å²) < 4.78 is 4.47. The summed E-state index contributed by atoms with van der Waals surface area (Å²) in [6, 6.07) is 85.3. The predicted molar refractivity (Wildman–Crippen MR) is 293 cm³/mol. The Bertz CT molecular complexity index is 4120. The van der Waals surface area contributed by atoms with Crippen LogP contribution in [0.1, 0.15) is 22.3 Å². The molecular weight excluding hydrogens is 861 g/mol. The minimum absolute atomic E-state index is 0.526. The maximum Gasteiger partial charge on any atom is 0.140 e. The van der Waals surface area contributed by atoms with E-state index in [1.165, 1.54) is 88.3 Å². The molecule has 0 bridgehead atoms. The summed E-state index contributed by atoms with van der Waals surface area (Å²) in [6.07, 6.45) is 0. The van der Waals surface area contributed by atoms with Gasteiger partial charge in [0, 0.05) is 25.2 Å². The molecular formula is C67H44N4. The Morgan fingerprint density at radius 1 is 0.310 bits per heavy atom. The molecule has 4 heteroatoms. The highest BCUT2D eigenvalue weighted by atomic mass is 15.1. The van der Waals surface area contributed by atoms with Crippen molar-refractivity contribution in [3.05, 3.63) is 253 Å². The van der Waals surface area contributed by atoms with Gasteiger partial charge in [0.25, 0.3) is 0 Å². The fraction of sp³-hybridized carbons (Fsp3) is 0.0448. The summed E-state index contributed by atoms with van der Waals surface area (Å²) in [4.78, 5) is 10.3. The number of hydrogen-bond acceptors (Lipinski definition) is 2. The largest absolute Gasteiger partial charge is 0.327 e. The molecule has 0 saturated carbocycles. The van der Waals surface area contributed by atoms with Crippen molar-refractivity contribution in [3.8, 4) is 78.4 Å². The first-order chi connectivity index (χ1) is 35.1. The molecule has 0 atom stereocenters. The fourth-order valence-electron chi connectivity index (χ4n) is 12.7. The molecule has 1 spiro atoms. The van der Waals surface area contributed by atoms with Gasteiger partial charge in [-0.2, -0.15) is 0 Å². The van der Waals surface area contributed by atoms with Gasteiger partial charge in [-0.05, 0) is 130 Å². The molecule has 2 aliphatic rings. The summed E-state index contributed by atoms with van der Waals surface area (Å²) in [5.74, 6) is 1.91. The molecule has 2 heterocycles. The minimum Gasteiger partial charge on any atom is -0.327 e. The second-order valence-corrected chi connectivity index (χ2v) is 19.3. The van der Waals surface area contributed by atoms with Crippen LogP contribution in [0.5, 0.6) is 0 Å². The van der Waals surface area contributed by atoms with Gasteiger partial charge in [-0.3, -0.25) is 0 Å². The van der Waals surface area contributed by atoms with Crippen LogP contribution in [0.3, 0.4) is 0 Å². The summed E-state index contributed by atoms with van der Waals surface area (Å²) in [5, 5.41) is 4.84. The molecule has 0 aliphatic heterocycles. The summed E-state index contributed by atoms with van der Waals surface area (Å²) in [5.41, 5.74) is 23.5. The van der Waals surface area contributed by atoms with E-state index in [1.807, 2.05) is 0 Å². The molecule has 0 unspecified atom stereocenters. The van der Waals surface area contributed by atoms with E-state index in [9.17, 15) is 0 Å². The van der Waals surface area contributed by atoms with Gasteiger partial charge < -0.3 is 9.13 Å². The van der Waals surface area contributed by atoms with Crippen LogP contribution in [0.25, 0.3) is 122 Å². The monoisotopic (exact) mass is 904 g/mol. The van der Waals surface area contributed by atoms with Crippen LogP contribution in [0.4, 0.5) is 0 Å². The number of imidazole rings is 2. The van der Waals surface area contributed by atoms with Crippen LogP contribution >= 0.6 is 0 Å². The molecule has 0 radical (unpaired) electrons. The second kappa shape index (κ2) is 14.9. The quantitative estimate of drug-likeness (QED) is 0.161. The van der Waals surface area contributed by atoms with Gasteiger partial charge in [-0.1, -0.05) is 200 Å². The molecule has 2 aliphatic carbocycles. The van der Waals surface area contributed by atoms with E-state index in [0.29, 0.717) is 0 Å². The maximum absolute atomic E-state index is 5.14. The standard InChI is InChI=1S/C67H44N4/c1-70-61-38-43(34-36-59(61)68-65(70)41-18-5-3-6-19-41)45-25-15-27-50-54(45)40-55-46(44-35-37-60-62(39-44)71(2)66(69-60)42-20-7-4-8-21-42)26-16-28-51(55)63(50)53-30-17-29-52-49-24-11-14-33-58(49)67(64(52)53)56-31-12-9-22-47(56)48-23-10-13-32-57(48)67/h3-40H,1-2H3. The first-order valence-corrected chi connectivity index (χ1v) is 24.5. The Labute approximate surface area is 411 Å². The Kier molecular flexibility index (Phi) is 8.38. The maximum atomic E-state index is 5.14. The van der Waals surface area contributed by atoms with Gasteiger partial charge in [-0.15, -0.1) is 0 Å². The van der Waals surface area contributed by atoms with Gasteiger partial charge in [0.15, 0.2) is 0 Å². The summed E-state index contributed by atoms with van der Waals surface area (Å²) in [7, 11) is 4.26. The van der Waals surface area contributed by atoms with E-state index in [2.05, 4.69) is 254 Å². The third kappa shape index (κ3) is 5.50. The second-order valence-electron chi connectivity index (χ2n) is 19.3. The van der Waals surface area contributed by atoms with Crippen molar-refractivity contribution < 1.29 is 0 Å². The number of benzene rings is 11. The van der Waals surface area contributed by atoms with E-state index in [1.54, 1.807) is 0 Å². The Balaban J connectivity index is 1.04. The number of hydrogen-bond donors (Lipinski definition) is 0. The van der Waals surface area contributed by atoms with Gasteiger partial charge in [0.2, 0.25) is 0 Å². The third-order valence-electron chi connectivity index (χ3n) is 15.8. The third-order valence-corrected chi connectivity index (χ3v) is 15.8. The molecule has 0 N–H and O–H groups in total. The zero-order valence-corrected chi connectivity index (χ0v) is 39.2. The molecule has 0 saturated heterocycles. The molecule has 11 aromatic carbocycles. The Morgan fingerprint density at radius 3 is 1.20 bits per heavy atom. The zero-order valence-electron chi connectivity index (χ0n) is 39.2. The highest BCUT2D eigenvalue weighted by molar-refractivity contribution is 6.20. The lowest BCUT2D eigenvalue weighted by Gasteiger charge is -2.32. The number of rotatable bonds is 5. The lowest BCUT2D eigenvalue weighted by molar-refractivity contribution is 0.796. The molecule has 0 amide bonds. The molecule has 15 rings (SSSR count). The molecule has 4 nitrogen and oxygen atoms in total. The van der Waals surface area contributed by atoms with E-state index < -0.39 is 5.41 Å². The first kappa shape index (κ1) is 39.8. The fourth-order valence-corrected chi connectivity index (χ4v) is 12.7. The van der Waals surface area contributed by atoms with E-state index in [4.69, 9.17) is 9.97 Å². The van der Waals surface area contributed by atoms with Gasteiger partial charge in [-0.25, -0.2) is 9.97 Å².